The van der Waals surface area contributed by atoms with Crippen molar-refractivity contribution >= 4 is 11.0 Å². The van der Waals surface area contributed by atoms with Crippen molar-refractivity contribution in [2.45, 2.75) is 72.0 Å². The van der Waals surface area contributed by atoms with Crippen molar-refractivity contribution in [3.8, 4) is 17.1 Å². The molecule has 0 saturated heterocycles. The summed E-state index contributed by atoms with van der Waals surface area (Å²) in [7, 11) is 0. The van der Waals surface area contributed by atoms with Gasteiger partial charge in [0.15, 0.2) is 0 Å². The molecule has 0 bridgehead atoms. The van der Waals surface area contributed by atoms with Gasteiger partial charge in [0.2, 0.25) is 0 Å². The Hall–Kier alpha value is -2.30. The molecule has 2 saturated carbocycles. The van der Waals surface area contributed by atoms with E-state index in [1.807, 2.05) is 60.7 Å². The first kappa shape index (κ1) is 31.6. The van der Waals surface area contributed by atoms with E-state index in [1.54, 1.807) is 0 Å². The van der Waals surface area contributed by atoms with Gasteiger partial charge in [0, 0.05) is 31.7 Å². The number of aliphatic hydroxyl groups excluding tert-OH is 2. The molecule has 2 N–H and O–H groups in total. The van der Waals surface area contributed by atoms with Gasteiger partial charge >= 0.3 is 0 Å². The molecule has 2 aliphatic rings. The number of para-hydroxylation sites is 3. The molecule has 41 heavy (non-hydrogen) atoms. The molecule has 0 aliphatic heterocycles. The number of aromatic nitrogens is 2. The zero-order valence-electron chi connectivity index (χ0n) is 24.8. The van der Waals surface area contributed by atoms with Gasteiger partial charge in [0.05, 0.1) is 29.1 Å². The minimum absolute atomic E-state index is 0. The molecule has 6 atom stereocenters. The van der Waals surface area contributed by atoms with Gasteiger partial charge in [-0.25, -0.2) is 0 Å². The van der Waals surface area contributed by atoms with E-state index in [2.05, 4.69) is 56.5 Å². The molecular weight excluding hydrogens is 685 g/mol. The molecule has 2 aliphatic carbocycles. The van der Waals surface area contributed by atoms with Crippen molar-refractivity contribution in [1.82, 2.24) is 9.55 Å². The van der Waals surface area contributed by atoms with Gasteiger partial charge in [-0.2, -0.15) is 0 Å². The largest absolute Gasteiger partial charge is 0.392 e. The van der Waals surface area contributed by atoms with Gasteiger partial charge in [-0.15, -0.1) is 35.9 Å². The second-order valence-corrected chi connectivity index (χ2v) is 12.5. The van der Waals surface area contributed by atoms with Crippen molar-refractivity contribution in [3.05, 3.63) is 84.9 Å². The Labute approximate surface area is 259 Å². The zero-order chi connectivity index (χ0) is 28.2. The molecule has 3 aromatic carbocycles. The van der Waals surface area contributed by atoms with Crippen molar-refractivity contribution in [2.24, 2.45) is 35.5 Å². The minimum Gasteiger partial charge on any atom is -0.392 e. The summed E-state index contributed by atoms with van der Waals surface area (Å²) in [4.78, 5) is 4.79. The van der Waals surface area contributed by atoms with Crippen LogP contribution in [0.4, 0.5) is 0 Å². The molecule has 1 heterocycles. The van der Waals surface area contributed by atoms with E-state index < -0.39 is 0 Å². The minimum atomic E-state index is -0.302. The quantitative estimate of drug-likeness (QED) is 0.210. The number of hydrogen-bond donors (Lipinski definition) is 2. The second-order valence-electron chi connectivity index (χ2n) is 12.5. The maximum absolute atomic E-state index is 10.8. The summed E-state index contributed by atoms with van der Waals surface area (Å²) < 4.78 is 2.18. The first-order valence-electron chi connectivity index (χ1n) is 15.2. The van der Waals surface area contributed by atoms with Crippen LogP contribution < -0.4 is 0 Å². The van der Waals surface area contributed by atoms with E-state index >= 15 is 0 Å². The molecule has 4 aromatic rings. The Balaban J connectivity index is 0.000000186. The molecule has 5 heteroatoms. The van der Waals surface area contributed by atoms with E-state index in [0.717, 1.165) is 41.0 Å². The zero-order valence-corrected chi connectivity index (χ0v) is 27.2. The normalized spacial score (nSPS) is 26.0. The maximum Gasteiger partial charge on any atom is 0.0774 e. The Morgan fingerprint density at radius 2 is 1.39 bits per heavy atom. The predicted molar refractivity (Wildman–Crippen MR) is 164 cm³/mol. The summed E-state index contributed by atoms with van der Waals surface area (Å²) >= 11 is 0. The number of fused-ring (bicyclic) bond motifs is 2. The molecule has 1 radical (unpaired) electrons. The Bertz CT molecular complexity index is 1350. The van der Waals surface area contributed by atoms with Crippen LogP contribution in [0.2, 0.25) is 0 Å². The van der Waals surface area contributed by atoms with Crippen molar-refractivity contribution in [2.75, 3.05) is 0 Å². The van der Waals surface area contributed by atoms with Crippen LogP contribution >= 0.6 is 0 Å². The van der Waals surface area contributed by atoms with Crippen molar-refractivity contribution in [1.29, 1.82) is 0 Å². The van der Waals surface area contributed by atoms with Gasteiger partial charge in [-0.05, 0) is 79.5 Å². The van der Waals surface area contributed by atoms with Crippen LogP contribution in [0.5, 0.6) is 0 Å². The first-order valence-corrected chi connectivity index (χ1v) is 15.2. The molecule has 1 aromatic heterocycles. The fourth-order valence-electron chi connectivity index (χ4n) is 7.26. The van der Waals surface area contributed by atoms with Crippen LogP contribution in [0.3, 0.4) is 0 Å². The summed E-state index contributed by atoms with van der Waals surface area (Å²) in [5.74, 6) is 3.37. The maximum atomic E-state index is 10.8. The summed E-state index contributed by atoms with van der Waals surface area (Å²) in [6.07, 6.45) is 5.29. The van der Waals surface area contributed by atoms with Gasteiger partial charge in [-0.1, -0.05) is 64.4 Å². The number of benzene rings is 3. The van der Waals surface area contributed by atoms with Crippen LogP contribution in [-0.4, -0.2) is 32.0 Å². The van der Waals surface area contributed by atoms with Gasteiger partial charge in [-0.3, -0.25) is 4.98 Å². The number of rotatable bonds is 4. The molecule has 2 fully saturated rings. The molecule has 4 nitrogen and oxygen atoms in total. The van der Waals surface area contributed by atoms with Crippen LogP contribution in [0.25, 0.3) is 28.1 Å². The summed E-state index contributed by atoms with van der Waals surface area (Å²) in [6, 6.07) is 29.7. The molecule has 0 amide bonds. The Morgan fingerprint density at radius 1 is 0.756 bits per heavy atom. The molecule has 221 valence electrons. The first-order chi connectivity index (χ1) is 19.4. The Morgan fingerprint density at radius 3 is 2.05 bits per heavy atom. The fraction of sp³-hybridized carbons (Fsp3) is 0.472. The van der Waals surface area contributed by atoms with E-state index in [9.17, 15) is 10.2 Å². The monoisotopic (exact) mass is 730 g/mol. The van der Waals surface area contributed by atoms with Crippen LogP contribution in [0, 0.1) is 41.6 Å². The molecule has 4 unspecified atom stereocenters. The van der Waals surface area contributed by atoms with E-state index in [0.29, 0.717) is 29.6 Å². The van der Waals surface area contributed by atoms with Crippen LogP contribution in [0.15, 0.2) is 78.9 Å². The van der Waals surface area contributed by atoms with Crippen molar-refractivity contribution < 1.29 is 30.3 Å². The molecule has 0 spiro atoms. The molecule has 6 rings (SSSR count). The number of aliphatic hydroxyl groups is 2. The SMILES string of the molecule is CC(C)[C@H]1CCCC2CC[C@@H](C(C)C)C(O)C2C1O.[Ir].[c-]1ccccc1-c1nc2ccccc2n1-c1ccccc1. The average Bonchev–Trinajstić information content (AvgIpc) is 3.26. The topological polar surface area (TPSA) is 58.3 Å². The van der Waals surface area contributed by atoms with Crippen molar-refractivity contribution in [3.63, 3.8) is 0 Å². The van der Waals surface area contributed by atoms with Gasteiger partial charge in [0.1, 0.15) is 0 Å². The summed E-state index contributed by atoms with van der Waals surface area (Å²) in [5, 5.41) is 21.6. The summed E-state index contributed by atoms with van der Waals surface area (Å²) in [6.45, 7) is 8.83. The second kappa shape index (κ2) is 14.2. The van der Waals surface area contributed by atoms with E-state index in [1.165, 1.54) is 19.3 Å². The smallest absolute Gasteiger partial charge is 0.0774 e. The van der Waals surface area contributed by atoms with E-state index in [-0.39, 0.29) is 38.2 Å². The average molecular weight is 730 g/mol. The third-order valence-electron chi connectivity index (χ3n) is 9.43. The fourth-order valence-corrected chi connectivity index (χ4v) is 7.26. The van der Waals surface area contributed by atoms with Gasteiger partial charge in [0.25, 0.3) is 0 Å². The number of hydrogen-bond acceptors (Lipinski definition) is 3. The third kappa shape index (κ3) is 6.86. The third-order valence-corrected chi connectivity index (χ3v) is 9.43. The number of nitrogens with zero attached hydrogens (tertiary/aromatic N) is 2. The Kier molecular flexibility index (Phi) is 11.0. The number of imidazole rings is 1. The predicted octanol–water partition coefficient (Wildman–Crippen LogP) is 7.95. The van der Waals surface area contributed by atoms with E-state index in [4.69, 9.17) is 4.98 Å². The summed E-state index contributed by atoms with van der Waals surface area (Å²) in [5.41, 5.74) is 4.21. The van der Waals surface area contributed by atoms with Crippen LogP contribution in [0.1, 0.15) is 59.8 Å². The van der Waals surface area contributed by atoms with Gasteiger partial charge < -0.3 is 14.8 Å². The standard InChI is InChI=1S/C19H13N2.C17H32O2.Ir/c1-3-9-15(10-4-1)19-20-17-13-7-8-14-18(17)21(19)16-11-5-2-6-12-16;1-10(2)13-7-5-6-12-8-9-14(11(3)4)17(19)15(12)16(13)18;/h1-9,11-14H;10-19H,5-9H2,1-4H3;/q-1;;/t;12?,13-,14+,15?,16?,17?;/m.1./s1. The molecular formula is C36H45IrN2O2-. The van der Waals surface area contributed by atoms with Crippen LogP contribution in [-0.2, 0) is 20.1 Å².